The van der Waals surface area contributed by atoms with E-state index in [1.54, 1.807) is 6.07 Å². The van der Waals surface area contributed by atoms with Gasteiger partial charge in [-0.1, -0.05) is 30.4 Å². The molecule has 17 heavy (non-hydrogen) atoms. The largest absolute Gasteiger partial charge is 0.506 e. The monoisotopic (exact) mass is 228 g/mol. The molecular formula is C14H16N2O. The van der Waals surface area contributed by atoms with Crippen LogP contribution in [0.4, 0.5) is 5.69 Å². The molecule has 1 atom stereocenters. The van der Waals surface area contributed by atoms with Crippen LogP contribution in [0.15, 0.2) is 42.6 Å². The molecule has 0 bridgehead atoms. The molecule has 0 aromatic heterocycles. The quantitative estimate of drug-likeness (QED) is 0.719. The Morgan fingerprint density at radius 2 is 2.24 bits per heavy atom. The second-order valence-electron chi connectivity index (χ2n) is 4.43. The van der Waals surface area contributed by atoms with Gasteiger partial charge in [0, 0.05) is 19.3 Å². The maximum absolute atomic E-state index is 10.0. The van der Waals surface area contributed by atoms with Crippen LogP contribution in [0, 0.1) is 0 Å². The fourth-order valence-electron chi connectivity index (χ4n) is 2.48. The molecule has 2 N–H and O–H groups in total. The lowest BCUT2D eigenvalue weighted by Crippen LogP contribution is -2.41. The van der Waals surface area contributed by atoms with Crippen LogP contribution in [-0.2, 0) is 6.42 Å². The van der Waals surface area contributed by atoms with Crippen molar-refractivity contribution in [2.45, 2.75) is 12.5 Å². The summed E-state index contributed by atoms with van der Waals surface area (Å²) in [6, 6.07) is 6.02. The van der Waals surface area contributed by atoms with Crippen LogP contribution in [0.1, 0.15) is 5.56 Å². The van der Waals surface area contributed by atoms with Gasteiger partial charge in [0.1, 0.15) is 5.75 Å². The molecule has 2 aliphatic rings. The summed E-state index contributed by atoms with van der Waals surface area (Å²) in [6.07, 6.45) is 9.44. The first-order chi connectivity index (χ1) is 8.36. The van der Waals surface area contributed by atoms with E-state index in [1.165, 1.54) is 5.56 Å². The van der Waals surface area contributed by atoms with Crippen LogP contribution in [-0.4, -0.2) is 24.2 Å². The summed E-state index contributed by atoms with van der Waals surface area (Å²) in [5.41, 5.74) is 2.14. The molecule has 3 rings (SSSR count). The molecule has 0 amide bonds. The number of benzene rings is 1. The van der Waals surface area contributed by atoms with Gasteiger partial charge in [0.25, 0.3) is 0 Å². The van der Waals surface area contributed by atoms with Crippen molar-refractivity contribution in [1.82, 2.24) is 5.32 Å². The molecule has 0 saturated heterocycles. The lowest BCUT2D eigenvalue weighted by molar-refractivity contribution is 0.472. The third-order valence-corrected chi connectivity index (χ3v) is 3.29. The number of nitrogens with zero attached hydrogens (tertiary/aromatic N) is 1. The fourth-order valence-corrected chi connectivity index (χ4v) is 2.48. The summed E-state index contributed by atoms with van der Waals surface area (Å²) >= 11 is 0. The molecule has 0 spiro atoms. The molecular weight excluding hydrogens is 212 g/mol. The minimum atomic E-state index is 0.285. The number of hydrogen-bond donors (Lipinski definition) is 2. The van der Waals surface area contributed by atoms with Crippen molar-refractivity contribution in [2.75, 3.05) is 18.0 Å². The zero-order valence-corrected chi connectivity index (χ0v) is 9.63. The summed E-state index contributed by atoms with van der Waals surface area (Å²) in [5.74, 6) is 0.367. The van der Waals surface area contributed by atoms with E-state index in [4.69, 9.17) is 0 Å². The molecule has 0 fully saturated rings. The molecule has 0 aliphatic carbocycles. The van der Waals surface area contributed by atoms with Gasteiger partial charge in [0.15, 0.2) is 0 Å². The first kappa shape index (κ1) is 10.4. The van der Waals surface area contributed by atoms with E-state index in [9.17, 15) is 5.11 Å². The highest BCUT2D eigenvalue weighted by molar-refractivity contribution is 5.68. The Kier molecular flexibility index (Phi) is 2.61. The van der Waals surface area contributed by atoms with E-state index < -0.39 is 0 Å². The van der Waals surface area contributed by atoms with E-state index in [0.717, 1.165) is 25.2 Å². The highest BCUT2D eigenvalue weighted by atomic mass is 16.3. The number of fused-ring (bicyclic) bond motifs is 1. The molecule has 0 radical (unpaired) electrons. The van der Waals surface area contributed by atoms with Gasteiger partial charge in [-0.2, -0.15) is 0 Å². The number of para-hydroxylation sites is 1. The normalized spacial score (nSPS) is 22.6. The van der Waals surface area contributed by atoms with Crippen molar-refractivity contribution < 1.29 is 5.11 Å². The second-order valence-corrected chi connectivity index (χ2v) is 4.43. The molecule has 1 aromatic carbocycles. The molecule has 0 saturated carbocycles. The van der Waals surface area contributed by atoms with E-state index in [2.05, 4.69) is 40.7 Å². The standard InChI is InChI=1S/C14H16N2O/c17-13-7-1-4-11-5-3-9-16(14(11)13)12-6-2-8-15-10-12/h1-4,6-7,9,12,15,17H,5,8,10H2. The minimum Gasteiger partial charge on any atom is -0.506 e. The topological polar surface area (TPSA) is 35.5 Å². The second kappa shape index (κ2) is 4.26. The smallest absolute Gasteiger partial charge is 0.139 e. The molecule has 3 nitrogen and oxygen atoms in total. The number of hydrogen-bond acceptors (Lipinski definition) is 3. The van der Waals surface area contributed by atoms with Gasteiger partial charge in [-0.15, -0.1) is 0 Å². The van der Waals surface area contributed by atoms with Crippen molar-refractivity contribution in [3.63, 3.8) is 0 Å². The average molecular weight is 228 g/mol. The number of phenols is 1. The average Bonchev–Trinajstić information content (AvgIpc) is 2.39. The van der Waals surface area contributed by atoms with Gasteiger partial charge in [0.05, 0.1) is 11.7 Å². The summed E-state index contributed by atoms with van der Waals surface area (Å²) in [4.78, 5) is 2.15. The zero-order valence-electron chi connectivity index (χ0n) is 9.63. The van der Waals surface area contributed by atoms with E-state index >= 15 is 0 Å². The fraction of sp³-hybridized carbons (Fsp3) is 0.286. The molecule has 3 heteroatoms. The summed E-state index contributed by atoms with van der Waals surface area (Å²) in [6.45, 7) is 1.84. The Balaban J connectivity index is 2.01. The molecule has 2 heterocycles. The first-order valence-corrected chi connectivity index (χ1v) is 5.99. The Morgan fingerprint density at radius 1 is 1.29 bits per heavy atom. The van der Waals surface area contributed by atoms with Crippen molar-refractivity contribution in [3.8, 4) is 5.75 Å². The van der Waals surface area contributed by atoms with E-state index in [-0.39, 0.29) is 6.04 Å². The molecule has 88 valence electrons. The van der Waals surface area contributed by atoms with Gasteiger partial charge in [-0.05, 0) is 18.1 Å². The predicted molar refractivity (Wildman–Crippen MR) is 69.2 cm³/mol. The van der Waals surface area contributed by atoms with Crippen molar-refractivity contribution >= 4 is 5.69 Å². The lowest BCUT2D eigenvalue weighted by Gasteiger charge is -2.34. The van der Waals surface area contributed by atoms with Crippen LogP contribution < -0.4 is 10.2 Å². The van der Waals surface area contributed by atoms with Crippen molar-refractivity contribution in [2.24, 2.45) is 0 Å². The summed E-state index contributed by atoms with van der Waals surface area (Å²) in [7, 11) is 0. The van der Waals surface area contributed by atoms with Gasteiger partial charge < -0.3 is 15.3 Å². The van der Waals surface area contributed by atoms with Crippen LogP contribution in [0.3, 0.4) is 0 Å². The maximum atomic E-state index is 10.0. The van der Waals surface area contributed by atoms with Gasteiger partial charge in [-0.3, -0.25) is 0 Å². The molecule has 2 aliphatic heterocycles. The van der Waals surface area contributed by atoms with Gasteiger partial charge >= 0.3 is 0 Å². The predicted octanol–water partition coefficient (Wildman–Crippen LogP) is 1.80. The summed E-state index contributed by atoms with van der Waals surface area (Å²) < 4.78 is 0. The Bertz CT molecular complexity index is 479. The number of phenolic OH excluding ortho intramolecular Hbond substituents is 1. The summed E-state index contributed by atoms with van der Waals surface area (Å²) in [5, 5.41) is 13.4. The maximum Gasteiger partial charge on any atom is 0.139 e. The third kappa shape index (κ3) is 1.83. The van der Waals surface area contributed by atoms with Crippen molar-refractivity contribution in [1.29, 1.82) is 0 Å². The Hall–Kier alpha value is -1.74. The number of allylic oxidation sites excluding steroid dienone is 1. The number of nitrogens with one attached hydrogen (secondary N) is 1. The highest BCUT2D eigenvalue weighted by Crippen LogP contribution is 2.36. The number of anilines is 1. The lowest BCUT2D eigenvalue weighted by atomic mass is 10.0. The minimum absolute atomic E-state index is 0.285. The Morgan fingerprint density at radius 3 is 3.06 bits per heavy atom. The SMILES string of the molecule is Oc1cccc2c1N(C1C=CCNC1)C=CC2. The van der Waals surface area contributed by atoms with E-state index in [1.807, 2.05) is 6.07 Å². The Labute approximate surface area is 101 Å². The van der Waals surface area contributed by atoms with Crippen LogP contribution in [0.5, 0.6) is 5.75 Å². The molecule has 1 unspecified atom stereocenters. The number of aromatic hydroxyl groups is 1. The number of rotatable bonds is 1. The zero-order chi connectivity index (χ0) is 11.7. The van der Waals surface area contributed by atoms with Gasteiger partial charge in [-0.25, -0.2) is 0 Å². The first-order valence-electron chi connectivity index (χ1n) is 5.99. The van der Waals surface area contributed by atoms with E-state index in [0.29, 0.717) is 5.75 Å². The van der Waals surface area contributed by atoms with Crippen LogP contribution >= 0.6 is 0 Å². The molecule has 1 aromatic rings. The van der Waals surface area contributed by atoms with Crippen LogP contribution in [0.2, 0.25) is 0 Å². The van der Waals surface area contributed by atoms with Gasteiger partial charge in [0.2, 0.25) is 0 Å². The highest BCUT2D eigenvalue weighted by Gasteiger charge is 2.23. The van der Waals surface area contributed by atoms with Crippen LogP contribution in [0.25, 0.3) is 0 Å². The van der Waals surface area contributed by atoms with Crippen molar-refractivity contribution in [3.05, 3.63) is 48.2 Å². The third-order valence-electron chi connectivity index (χ3n) is 3.29.